The Kier molecular flexibility index (Phi) is 4.45. The molecule has 0 aliphatic rings. The molecule has 0 aliphatic carbocycles. The van der Waals surface area contributed by atoms with Crippen molar-refractivity contribution in [2.45, 2.75) is 13.8 Å². The first-order chi connectivity index (χ1) is 9.15. The van der Waals surface area contributed by atoms with Gasteiger partial charge in [-0.05, 0) is 49.2 Å². The van der Waals surface area contributed by atoms with Crippen molar-refractivity contribution in [3.05, 3.63) is 59.7 Å². The summed E-state index contributed by atoms with van der Waals surface area (Å²) >= 11 is 0. The second-order valence-electron chi connectivity index (χ2n) is 4.93. The van der Waals surface area contributed by atoms with E-state index >= 15 is 0 Å². The molecule has 0 saturated heterocycles. The van der Waals surface area contributed by atoms with Crippen LogP contribution in [0.25, 0.3) is 0 Å². The van der Waals surface area contributed by atoms with Crippen molar-refractivity contribution in [3.8, 4) is 5.75 Å². The van der Waals surface area contributed by atoms with E-state index in [1.807, 2.05) is 6.07 Å². The van der Waals surface area contributed by atoms with Crippen molar-refractivity contribution in [3.63, 3.8) is 0 Å². The number of hydrogen-bond acceptors (Lipinski definition) is 2. The van der Waals surface area contributed by atoms with Crippen molar-refractivity contribution >= 4 is 5.69 Å². The number of ether oxygens (including phenoxy) is 1. The smallest absolute Gasteiger partial charge is 0.119 e. The zero-order valence-corrected chi connectivity index (χ0v) is 11.9. The van der Waals surface area contributed by atoms with Crippen LogP contribution in [-0.2, 0) is 0 Å². The maximum absolute atomic E-state index is 5.82. The quantitative estimate of drug-likeness (QED) is 0.805. The Morgan fingerprint density at radius 3 is 2.21 bits per heavy atom. The van der Waals surface area contributed by atoms with Crippen molar-refractivity contribution in [2.75, 3.05) is 25.1 Å². The Balaban J connectivity index is 1.86. The summed E-state index contributed by atoms with van der Waals surface area (Å²) in [7, 11) is 2.08. The van der Waals surface area contributed by atoms with Gasteiger partial charge in [0.05, 0.1) is 6.54 Å². The van der Waals surface area contributed by atoms with E-state index in [0.717, 1.165) is 12.3 Å². The van der Waals surface area contributed by atoms with Crippen molar-refractivity contribution in [1.29, 1.82) is 0 Å². The standard InChI is InChI=1S/C17H21NO/c1-14-11-15(2)13-17(12-14)19-10-9-18(3)16-7-5-4-6-8-16/h4-8,11-13H,9-10H2,1-3H3. The van der Waals surface area contributed by atoms with E-state index in [1.54, 1.807) is 0 Å². The van der Waals surface area contributed by atoms with Gasteiger partial charge >= 0.3 is 0 Å². The van der Waals surface area contributed by atoms with Gasteiger partial charge in [0.15, 0.2) is 0 Å². The van der Waals surface area contributed by atoms with Crippen LogP contribution in [-0.4, -0.2) is 20.2 Å². The average molecular weight is 255 g/mol. The molecule has 0 bridgehead atoms. The molecule has 0 amide bonds. The van der Waals surface area contributed by atoms with Gasteiger partial charge in [-0.15, -0.1) is 0 Å². The SMILES string of the molecule is Cc1cc(C)cc(OCCN(C)c2ccccc2)c1. The Bertz CT molecular complexity index is 502. The van der Waals surface area contributed by atoms with Crippen molar-refractivity contribution in [1.82, 2.24) is 0 Å². The minimum Gasteiger partial charge on any atom is -0.492 e. The fourth-order valence-electron chi connectivity index (χ4n) is 2.13. The lowest BCUT2D eigenvalue weighted by atomic mass is 10.1. The molecule has 2 heteroatoms. The van der Waals surface area contributed by atoms with Gasteiger partial charge in [0, 0.05) is 12.7 Å². The lowest BCUT2D eigenvalue weighted by Gasteiger charge is -2.19. The van der Waals surface area contributed by atoms with Crippen molar-refractivity contribution in [2.24, 2.45) is 0 Å². The summed E-state index contributed by atoms with van der Waals surface area (Å²) in [5.41, 5.74) is 3.70. The molecule has 0 radical (unpaired) electrons. The Morgan fingerprint density at radius 1 is 0.947 bits per heavy atom. The molecule has 0 fully saturated rings. The molecule has 2 nitrogen and oxygen atoms in total. The van der Waals surface area contributed by atoms with Gasteiger partial charge in [0.25, 0.3) is 0 Å². The summed E-state index contributed by atoms with van der Waals surface area (Å²) in [5, 5.41) is 0. The molecular weight excluding hydrogens is 234 g/mol. The van der Waals surface area contributed by atoms with Crippen LogP contribution >= 0.6 is 0 Å². The maximum Gasteiger partial charge on any atom is 0.119 e. The number of rotatable bonds is 5. The van der Waals surface area contributed by atoms with Gasteiger partial charge in [-0.3, -0.25) is 0 Å². The lowest BCUT2D eigenvalue weighted by Crippen LogP contribution is -2.23. The molecule has 0 aliphatic heterocycles. The Hall–Kier alpha value is -1.96. The van der Waals surface area contributed by atoms with Gasteiger partial charge in [-0.2, -0.15) is 0 Å². The fraction of sp³-hybridized carbons (Fsp3) is 0.294. The minimum absolute atomic E-state index is 0.689. The molecule has 0 spiro atoms. The molecule has 2 rings (SSSR count). The number of hydrogen-bond donors (Lipinski definition) is 0. The third-order valence-corrected chi connectivity index (χ3v) is 3.09. The highest BCUT2D eigenvalue weighted by Crippen LogP contribution is 2.16. The molecule has 2 aromatic carbocycles. The lowest BCUT2D eigenvalue weighted by molar-refractivity contribution is 0.325. The highest BCUT2D eigenvalue weighted by atomic mass is 16.5. The average Bonchev–Trinajstić information content (AvgIpc) is 2.38. The van der Waals surface area contributed by atoms with Crippen LogP contribution in [0.4, 0.5) is 5.69 Å². The first-order valence-corrected chi connectivity index (χ1v) is 6.62. The van der Waals surface area contributed by atoms with Crippen LogP contribution in [0.2, 0.25) is 0 Å². The second-order valence-corrected chi connectivity index (χ2v) is 4.93. The first-order valence-electron chi connectivity index (χ1n) is 6.62. The zero-order valence-electron chi connectivity index (χ0n) is 11.9. The minimum atomic E-state index is 0.689. The molecule has 0 N–H and O–H groups in total. The van der Waals surface area contributed by atoms with E-state index in [1.165, 1.54) is 16.8 Å². The van der Waals surface area contributed by atoms with E-state index in [-0.39, 0.29) is 0 Å². The molecule has 0 heterocycles. The third-order valence-electron chi connectivity index (χ3n) is 3.09. The van der Waals surface area contributed by atoms with Crippen LogP contribution in [0.15, 0.2) is 48.5 Å². The summed E-state index contributed by atoms with van der Waals surface area (Å²) in [6.07, 6.45) is 0. The number of benzene rings is 2. The number of anilines is 1. The van der Waals surface area contributed by atoms with Crippen molar-refractivity contribution < 1.29 is 4.74 Å². The highest BCUT2D eigenvalue weighted by Gasteiger charge is 2.01. The van der Waals surface area contributed by atoms with Gasteiger partial charge < -0.3 is 9.64 Å². The van der Waals surface area contributed by atoms with E-state index < -0.39 is 0 Å². The third kappa shape index (κ3) is 4.02. The summed E-state index contributed by atoms with van der Waals surface area (Å²) in [5.74, 6) is 0.957. The molecule has 100 valence electrons. The monoisotopic (exact) mass is 255 g/mol. The predicted octanol–water partition coefficient (Wildman–Crippen LogP) is 3.82. The summed E-state index contributed by atoms with van der Waals surface area (Å²) in [4.78, 5) is 2.20. The molecule has 0 unspecified atom stereocenters. The van der Waals surface area contributed by atoms with E-state index in [9.17, 15) is 0 Å². The molecule has 0 aromatic heterocycles. The Morgan fingerprint density at radius 2 is 1.58 bits per heavy atom. The van der Waals surface area contributed by atoms with Gasteiger partial charge in [0.2, 0.25) is 0 Å². The number of likely N-dealkylation sites (N-methyl/N-ethyl adjacent to an activating group) is 1. The fourth-order valence-corrected chi connectivity index (χ4v) is 2.13. The zero-order chi connectivity index (χ0) is 13.7. The van der Waals surface area contributed by atoms with Crippen LogP contribution in [0, 0.1) is 13.8 Å². The molecule has 0 saturated carbocycles. The number of aryl methyl sites for hydroxylation is 2. The normalized spacial score (nSPS) is 10.3. The van der Waals surface area contributed by atoms with E-state index in [4.69, 9.17) is 4.74 Å². The number of nitrogens with zero attached hydrogens (tertiary/aromatic N) is 1. The second kappa shape index (κ2) is 6.28. The van der Waals surface area contributed by atoms with Crippen LogP contribution in [0.3, 0.4) is 0 Å². The highest BCUT2D eigenvalue weighted by molar-refractivity contribution is 5.44. The molecule has 2 aromatic rings. The van der Waals surface area contributed by atoms with E-state index in [0.29, 0.717) is 6.61 Å². The topological polar surface area (TPSA) is 12.5 Å². The Labute approximate surface area is 115 Å². The first kappa shape index (κ1) is 13.5. The summed E-state index contributed by atoms with van der Waals surface area (Å²) < 4.78 is 5.82. The molecular formula is C17H21NO. The summed E-state index contributed by atoms with van der Waals surface area (Å²) in [6, 6.07) is 16.7. The van der Waals surface area contributed by atoms with E-state index in [2.05, 4.69) is 68.3 Å². The van der Waals surface area contributed by atoms with Crippen LogP contribution < -0.4 is 9.64 Å². The van der Waals surface area contributed by atoms with Gasteiger partial charge in [-0.25, -0.2) is 0 Å². The van der Waals surface area contributed by atoms with Crippen LogP contribution in [0.5, 0.6) is 5.75 Å². The molecule has 19 heavy (non-hydrogen) atoms. The number of para-hydroxylation sites is 1. The largest absolute Gasteiger partial charge is 0.492 e. The molecule has 0 atom stereocenters. The summed E-state index contributed by atoms with van der Waals surface area (Å²) in [6.45, 7) is 5.75. The van der Waals surface area contributed by atoms with Gasteiger partial charge in [0.1, 0.15) is 12.4 Å². The van der Waals surface area contributed by atoms with Gasteiger partial charge in [-0.1, -0.05) is 24.3 Å². The van der Waals surface area contributed by atoms with Crippen LogP contribution in [0.1, 0.15) is 11.1 Å². The predicted molar refractivity (Wildman–Crippen MR) is 81.1 cm³/mol. The maximum atomic E-state index is 5.82.